The second kappa shape index (κ2) is 6.65. The molecular formula is C19H21ClN6O. The summed E-state index contributed by atoms with van der Waals surface area (Å²) in [4.78, 5) is 15.9. The highest BCUT2D eigenvalue weighted by atomic mass is 35.5. The minimum atomic E-state index is 0.448. The van der Waals surface area contributed by atoms with E-state index in [1.807, 2.05) is 18.3 Å². The van der Waals surface area contributed by atoms with Gasteiger partial charge in [0.2, 0.25) is 5.95 Å². The molecule has 3 aliphatic heterocycles. The molecule has 0 aliphatic carbocycles. The maximum Gasteiger partial charge on any atom is 0.227 e. The molecule has 0 spiro atoms. The Morgan fingerprint density at radius 2 is 2.07 bits per heavy atom. The van der Waals surface area contributed by atoms with Crippen LogP contribution in [0.4, 0.5) is 17.5 Å². The van der Waals surface area contributed by atoms with Crippen molar-refractivity contribution in [2.45, 2.75) is 31.5 Å². The van der Waals surface area contributed by atoms with Crippen molar-refractivity contribution < 1.29 is 4.74 Å². The van der Waals surface area contributed by atoms with Gasteiger partial charge >= 0.3 is 0 Å². The molecule has 0 saturated carbocycles. The van der Waals surface area contributed by atoms with Crippen LogP contribution in [-0.2, 0) is 6.54 Å². The second-order valence-corrected chi connectivity index (χ2v) is 7.57. The van der Waals surface area contributed by atoms with Crippen LogP contribution in [0.1, 0.15) is 24.0 Å². The number of rotatable bonds is 4. The van der Waals surface area contributed by atoms with Crippen molar-refractivity contribution >= 4 is 35.3 Å². The Bertz CT molecular complexity index is 901. The van der Waals surface area contributed by atoms with Crippen LogP contribution in [0.5, 0.6) is 5.75 Å². The van der Waals surface area contributed by atoms with Gasteiger partial charge in [0.05, 0.1) is 25.5 Å². The highest BCUT2D eigenvalue weighted by molar-refractivity contribution is 6.33. The molecule has 2 unspecified atom stereocenters. The van der Waals surface area contributed by atoms with Gasteiger partial charge in [0.15, 0.2) is 5.82 Å². The van der Waals surface area contributed by atoms with E-state index in [1.54, 1.807) is 13.3 Å². The number of hydrogen-bond donors (Lipinski definition) is 2. The molecule has 2 aromatic rings. The van der Waals surface area contributed by atoms with Crippen molar-refractivity contribution in [1.82, 2.24) is 15.3 Å². The highest BCUT2D eigenvalue weighted by Gasteiger charge is 2.38. The number of benzene rings is 1. The van der Waals surface area contributed by atoms with Crippen LogP contribution < -0.4 is 20.3 Å². The smallest absolute Gasteiger partial charge is 0.227 e. The van der Waals surface area contributed by atoms with Gasteiger partial charge in [-0.1, -0.05) is 11.6 Å². The lowest BCUT2D eigenvalue weighted by atomic mass is 10.1. The maximum absolute atomic E-state index is 6.40. The molecular weight excluding hydrogens is 364 g/mol. The van der Waals surface area contributed by atoms with E-state index in [-0.39, 0.29) is 0 Å². The Labute approximate surface area is 162 Å². The monoisotopic (exact) mass is 384 g/mol. The number of nitrogens with zero attached hydrogens (tertiary/aromatic N) is 4. The summed E-state index contributed by atoms with van der Waals surface area (Å²) in [5.41, 5.74) is 3.06. The average Bonchev–Trinajstić information content (AvgIpc) is 3.23. The van der Waals surface area contributed by atoms with Gasteiger partial charge in [-0.25, -0.2) is 4.98 Å². The molecule has 140 valence electrons. The van der Waals surface area contributed by atoms with Crippen LogP contribution in [0.25, 0.3) is 0 Å². The molecule has 2 atom stereocenters. The fourth-order valence-corrected chi connectivity index (χ4v) is 4.35. The molecule has 8 heteroatoms. The van der Waals surface area contributed by atoms with E-state index >= 15 is 0 Å². The van der Waals surface area contributed by atoms with Gasteiger partial charge in [-0.05, 0) is 36.1 Å². The maximum atomic E-state index is 6.40. The minimum Gasteiger partial charge on any atom is -0.495 e. The zero-order chi connectivity index (χ0) is 18.4. The SMILES string of the molecule is COc1cc2c(cc1Nc1nc(N3C4CCC3CNC4)ncc1Cl)C=NC2. The molecule has 2 fully saturated rings. The molecule has 3 aliphatic rings. The normalized spacial score (nSPS) is 22.8. The van der Waals surface area contributed by atoms with Gasteiger partial charge in [-0.3, -0.25) is 4.99 Å². The van der Waals surface area contributed by atoms with Crippen LogP contribution >= 0.6 is 11.6 Å². The fourth-order valence-electron chi connectivity index (χ4n) is 4.21. The van der Waals surface area contributed by atoms with Crippen LogP contribution in [0, 0.1) is 0 Å². The Kier molecular flexibility index (Phi) is 4.13. The summed E-state index contributed by atoms with van der Waals surface area (Å²) in [6.07, 6.45) is 5.90. The van der Waals surface area contributed by atoms with Gasteiger partial charge in [0.1, 0.15) is 10.8 Å². The van der Waals surface area contributed by atoms with Gasteiger partial charge in [0, 0.05) is 31.4 Å². The summed E-state index contributed by atoms with van der Waals surface area (Å²) in [5, 5.41) is 7.31. The average molecular weight is 385 g/mol. The summed E-state index contributed by atoms with van der Waals surface area (Å²) >= 11 is 6.40. The first kappa shape index (κ1) is 16.8. The van der Waals surface area contributed by atoms with E-state index < -0.39 is 0 Å². The third-order valence-corrected chi connectivity index (χ3v) is 5.83. The van der Waals surface area contributed by atoms with Crippen LogP contribution in [0.15, 0.2) is 23.3 Å². The predicted octanol–water partition coefficient (Wildman–Crippen LogP) is 2.76. The largest absolute Gasteiger partial charge is 0.495 e. The molecule has 7 nitrogen and oxygen atoms in total. The zero-order valence-corrected chi connectivity index (χ0v) is 15.8. The first-order chi connectivity index (χ1) is 13.2. The Morgan fingerprint density at radius 1 is 1.26 bits per heavy atom. The molecule has 5 rings (SSSR count). The standard InChI is InChI=1S/C19H21ClN6O/c1-27-17-5-12-7-21-6-11(12)4-16(17)24-18-15(20)10-23-19(25-18)26-13-2-3-14(26)9-22-8-13/h4-6,10,13-14,22H,2-3,7-9H2,1H3,(H,23,24,25). The van der Waals surface area contributed by atoms with E-state index in [1.165, 1.54) is 12.8 Å². The number of ether oxygens (including phenoxy) is 1. The number of halogens is 1. The molecule has 1 aromatic carbocycles. The fraction of sp³-hybridized carbons (Fsp3) is 0.421. The van der Waals surface area contributed by atoms with Crippen molar-refractivity contribution in [2.24, 2.45) is 4.99 Å². The molecule has 27 heavy (non-hydrogen) atoms. The molecule has 2 N–H and O–H groups in total. The number of hydrogen-bond acceptors (Lipinski definition) is 7. The van der Waals surface area contributed by atoms with Crippen molar-refractivity contribution in [3.8, 4) is 5.75 Å². The molecule has 2 saturated heterocycles. The van der Waals surface area contributed by atoms with E-state index in [2.05, 4.69) is 25.5 Å². The summed E-state index contributed by atoms with van der Waals surface area (Å²) in [5.74, 6) is 2.07. The molecule has 4 heterocycles. The Hall–Kier alpha value is -2.38. The lowest BCUT2D eigenvalue weighted by Crippen LogP contribution is -2.52. The van der Waals surface area contributed by atoms with E-state index in [0.717, 1.165) is 41.6 Å². The zero-order valence-electron chi connectivity index (χ0n) is 15.1. The van der Waals surface area contributed by atoms with Crippen LogP contribution in [0.2, 0.25) is 5.02 Å². The third kappa shape index (κ3) is 2.91. The first-order valence-electron chi connectivity index (χ1n) is 9.22. The van der Waals surface area contributed by atoms with Gasteiger partial charge in [0.25, 0.3) is 0 Å². The number of aliphatic imine (C=N–C) groups is 1. The van der Waals surface area contributed by atoms with E-state index in [4.69, 9.17) is 21.3 Å². The highest BCUT2D eigenvalue weighted by Crippen LogP contribution is 2.36. The number of anilines is 3. The van der Waals surface area contributed by atoms with Crippen molar-refractivity contribution in [2.75, 3.05) is 30.4 Å². The number of nitrogens with one attached hydrogen (secondary N) is 2. The van der Waals surface area contributed by atoms with Gasteiger partial charge in [-0.2, -0.15) is 4.98 Å². The van der Waals surface area contributed by atoms with Crippen molar-refractivity contribution in [3.05, 3.63) is 34.5 Å². The molecule has 0 amide bonds. The molecule has 1 aromatic heterocycles. The number of piperazine rings is 1. The quantitative estimate of drug-likeness (QED) is 0.844. The molecule has 2 bridgehead atoms. The topological polar surface area (TPSA) is 74.7 Å². The van der Waals surface area contributed by atoms with Crippen molar-refractivity contribution in [1.29, 1.82) is 0 Å². The van der Waals surface area contributed by atoms with E-state index in [0.29, 0.717) is 29.5 Å². The number of methoxy groups -OCH3 is 1. The number of aromatic nitrogens is 2. The number of fused-ring (bicyclic) bond motifs is 3. The lowest BCUT2D eigenvalue weighted by molar-refractivity contribution is 0.416. The van der Waals surface area contributed by atoms with Crippen molar-refractivity contribution in [3.63, 3.8) is 0 Å². The second-order valence-electron chi connectivity index (χ2n) is 7.16. The predicted molar refractivity (Wildman–Crippen MR) is 107 cm³/mol. The minimum absolute atomic E-state index is 0.448. The Balaban J connectivity index is 1.48. The first-order valence-corrected chi connectivity index (χ1v) is 9.60. The van der Waals surface area contributed by atoms with Crippen LogP contribution in [0.3, 0.4) is 0 Å². The Morgan fingerprint density at radius 3 is 2.85 bits per heavy atom. The molecule has 0 radical (unpaired) electrons. The lowest BCUT2D eigenvalue weighted by Gasteiger charge is -2.35. The van der Waals surface area contributed by atoms with Gasteiger partial charge < -0.3 is 20.3 Å². The van der Waals surface area contributed by atoms with Crippen LogP contribution in [-0.4, -0.2) is 48.5 Å². The summed E-state index contributed by atoms with van der Waals surface area (Å²) in [6.45, 7) is 2.64. The summed E-state index contributed by atoms with van der Waals surface area (Å²) < 4.78 is 5.55. The third-order valence-electron chi connectivity index (χ3n) is 5.55. The summed E-state index contributed by atoms with van der Waals surface area (Å²) in [6, 6.07) is 4.93. The van der Waals surface area contributed by atoms with Gasteiger partial charge in [-0.15, -0.1) is 0 Å². The summed E-state index contributed by atoms with van der Waals surface area (Å²) in [7, 11) is 1.66. The van der Waals surface area contributed by atoms with E-state index in [9.17, 15) is 0 Å².